The highest BCUT2D eigenvalue weighted by atomic mass is 19.1. The molecule has 1 aromatic heterocycles. The van der Waals surface area contributed by atoms with Crippen molar-refractivity contribution < 1.29 is 13.9 Å². The Morgan fingerprint density at radius 1 is 1.23 bits per heavy atom. The first-order valence-electron chi connectivity index (χ1n) is 8.52. The third-order valence-corrected chi connectivity index (χ3v) is 4.32. The Balaban J connectivity index is 1.83. The second-order valence-corrected chi connectivity index (χ2v) is 5.90. The molecule has 0 saturated carbocycles. The third-order valence-electron chi connectivity index (χ3n) is 4.32. The molecule has 0 fully saturated rings. The Morgan fingerprint density at radius 2 is 2.04 bits per heavy atom. The number of ether oxygens (including phenoxy) is 1. The van der Waals surface area contributed by atoms with Crippen LogP contribution in [-0.2, 0) is 13.1 Å². The molecule has 0 aliphatic carbocycles. The zero-order valence-electron chi connectivity index (χ0n) is 15.1. The molecular weight excluding hydrogens is 335 g/mol. The lowest BCUT2D eigenvalue weighted by molar-refractivity contribution is 0.0752. The van der Waals surface area contributed by atoms with Crippen LogP contribution in [0.2, 0.25) is 0 Å². The lowest BCUT2D eigenvalue weighted by Gasteiger charge is -2.21. The van der Waals surface area contributed by atoms with Crippen molar-refractivity contribution in [1.29, 1.82) is 0 Å². The molecule has 0 aliphatic rings. The van der Waals surface area contributed by atoms with Gasteiger partial charge in [0.2, 0.25) is 0 Å². The molecule has 0 unspecified atom stereocenters. The van der Waals surface area contributed by atoms with Crippen molar-refractivity contribution >= 4 is 16.9 Å². The largest absolute Gasteiger partial charge is 0.494 e. The van der Waals surface area contributed by atoms with E-state index in [0.717, 1.165) is 5.52 Å². The van der Waals surface area contributed by atoms with E-state index in [4.69, 9.17) is 4.74 Å². The molecule has 1 heterocycles. The maximum Gasteiger partial charge on any atom is 0.254 e. The summed E-state index contributed by atoms with van der Waals surface area (Å²) in [5.74, 6) is -0.379. The average molecular weight is 356 g/mol. The van der Waals surface area contributed by atoms with Gasteiger partial charge in [0, 0.05) is 25.2 Å². The molecule has 136 valence electrons. The van der Waals surface area contributed by atoms with Crippen molar-refractivity contribution in [3.05, 3.63) is 53.3 Å². The van der Waals surface area contributed by atoms with Crippen molar-refractivity contribution in [2.24, 2.45) is 0 Å². The van der Waals surface area contributed by atoms with E-state index in [2.05, 4.69) is 10.3 Å². The van der Waals surface area contributed by atoms with E-state index in [0.29, 0.717) is 36.3 Å². The molecule has 26 heavy (non-hydrogen) atoms. The predicted molar refractivity (Wildman–Crippen MR) is 96.6 cm³/mol. The number of benzene rings is 2. The summed E-state index contributed by atoms with van der Waals surface area (Å²) in [6.07, 6.45) is 0. The van der Waals surface area contributed by atoms with Gasteiger partial charge in [-0.05, 0) is 49.7 Å². The summed E-state index contributed by atoms with van der Waals surface area (Å²) in [7, 11) is 1.42. The van der Waals surface area contributed by atoms with Gasteiger partial charge in [-0.3, -0.25) is 4.79 Å². The SMILES string of the molecule is CCN(Cc1ccc(OC)c(F)c1)C(=O)c1ccc2c(c1)nnn2CC. The summed E-state index contributed by atoms with van der Waals surface area (Å²) in [6.45, 7) is 5.42. The van der Waals surface area contributed by atoms with E-state index in [-0.39, 0.29) is 11.7 Å². The number of nitrogens with zero attached hydrogens (tertiary/aromatic N) is 4. The summed E-state index contributed by atoms with van der Waals surface area (Å²) in [5, 5.41) is 8.17. The normalized spacial score (nSPS) is 10.9. The number of methoxy groups -OCH3 is 1. The van der Waals surface area contributed by atoms with Crippen LogP contribution in [0.3, 0.4) is 0 Å². The Kier molecular flexibility index (Phi) is 5.16. The number of rotatable bonds is 6. The van der Waals surface area contributed by atoms with Crippen LogP contribution >= 0.6 is 0 Å². The van der Waals surface area contributed by atoms with Crippen LogP contribution in [0, 0.1) is 5.82 Å². The molecule has 1 amide bonds. The van der Waals surface area contributed by atoms with Crippen molar-refractivity contribution in [2.75, 3.05) is 13.7 Å². The fourth-order valence-corrected chi connectivity index (χ4v) is 2.88. The van der Waals surface area contributed by atoms with Crippen molar-refractivity contribution in [1.82, 2.24) is 19.9 Å². The highest BCUT2D eigenvalue weighted by molar-refractivity contribution is 5.97. The van der Waals surface area contributed by atoms with Crippen molar-refractivity contribution in [3.63, 3.8) is 0 Å². The number of aromatic nitrogens is 3. The number of hydrogen-bond donors (Lipinski definition) is 0. The summed E-state index contributed by atoms with van der Waals surface area (Å²) in [5.41, 5.74) is 2.82. The van der Waals surface area contributed by atoms with E-state index in [9.17, 15) is 9.18 Å². The zero-order chi connectivity index (χ0) is 18.7. The maximum atomic E-state index is 13.9. The van der Waals surface area contributed by atoms with Gasteiger partial charge in [-0.2, -0.15) is 0 Å². The minimum atomic E-state index is -0.439. The molecule has 0 aliphatic heterocycles. The van der Waals surface area contributed by atoms with Gasteiger partial charge >= 0.3 is 0 Å². The highest BCUT2D eigenvalue weighted by Gasteiger charge is 2.17. The third kappa shape index (κ3) is 3.37. The van der Waals surface area contributed by atoms with Crippen LogP contribution in [0.1, 0.15) is 29.8 Å². The Labute approximate surface area is 151 Å². The quantitative estimate of drug-likeness (QED) is 0.680. The smallest absolute Gasteiger partial charge is 0.254 e. The Hall–Kier alpha value is -2.96. The molecule has 6 nitrogen and oxygen atoms in total. The molecule has 3 rings (SSSR count). The van der Waals surface area contributed by atoms with Gasteiger partial charge in [-0.1, -0.05) is 11.3 Å². The predicted octanol–water partition coefficient (Wildman–Crippen LogP) is 3.26. The second-order valence-electron chi connectivity index (χ2n) is 5.90. The first-order valence-corrected chi connectivity index (χ1v) is 8.52. The maximum absolute atomic E-state index is 13.9. The van der Waals surface area contributed by atoms with Crippen LogP contribution in [0.5, 0.6) is 5.75 Å². The number of aryl methyl sites for hydroxylation is 1. The van der Waals surface area contributed by atoms with Crippen LogP contribution in [-0.4, -0.2) is 39.5 Å². The molecule has 2 aromatic carbocycles. The van der Waals surface area contributed by atoms with Crippen molar-refractivity contribution in [3.8, 4) is 5.75 Å². The molecule has 0 N–H and O–H groups in total. The molecule has 0 atom stereocenters. The molecule has 3 aromatic rings. The Bertz CT molecular complexity index is 938. The fraction of sp³-hybridized carbons (Fsp3) is 0.316. The molecular formula is C19H21FN4O2. The minimum Gasteiger partial charge on any atom is -0.494 e. The van der Waals surface area contributed by atoms with E-state index in [1.807, 2.05) is 19.9 Å². The van der Waals surface area contributed by atoms with Crippen LogP contribution < -0.4 is 4.74 Å². The number of amides is 1. The fourth-order valence-electron chi connectivity index (χ4n) is 2.88. The average Bonchev–Trinajstić information content (AvgIpc) is 3.08. The molecule has 0 bridgehead atoms. The van der Waals surface area contributed by atoms with Gasteiger partial charge in [0.05, 0.1) is 12.6 Å². The minimum absolute atomic E-state index is 0.128. The van der Waals surface area contributed by atoms with Gasteiger partial charge in [0.1, 0.15) is 5.52 Å². The van der Waals surface area contributed by atoms with Crippen LogP contribution in [0.15, 0.2) is 36.4 Å². The number of carbonyl (C=O) groups is 1. The standard InChI is InChI=1S/C19H21FN4O2/c1-4-23(12-13-6-9-18(26-3)15(20)10-13)19(25)14-7-8-17-16(11-14)21-22-24(17)5-2/h6-11H,4-5,12H2,1-3H3. The molecule has 0 saturated heterocycles. The van der Waals surface area contributed by atoms with Gasteiger partial charge in [0.25, 0.3) is 5.91 Å². The van der Waals surface area contributed by atoms with Crippen molar-refractivity contribution in [2.45, 2.75) is 26.9 Å². The van der Waals surface area contributed by atoms with E-state index in [1.165, 1.54) is 13.2 Å². The lowest BCUT2D eigenvalue weighted by Crippen LogP contribution is -2.30. The summed E-state index contributed by atoms with van der Waals surface area (Å²) in [4.78, 5) is 14.5. The number of hydrogen-bond acceptors (Lipinski definition) is 4. The van der Waals surface area contributed by atoms with E-state index >= 15 is 0 Å². The van der Waals surface area contributed by atoms with E-state index in [1.54, 1.807) is 33.8 Å². The first-order chi connectivity index (χ1) is 12.6. The topological polar surface area (TPSA) is 60.2 Å². The van der Waals surface area contributed by atoms with Crippen LogP contribution in [0.25, 0.3) is 11.0 Å². The number of carbonyl (C=O) groups excluding carboxylic acids is 1. The summed E-state index contributed by atoms with van der Waals surface area (Å²) in [6, 6.07) is 10.1. The molecule has 0 spiro atoms. The number of fused-ring (bicyclic) bond motifs is 1. The van der Waals surface area contributed by atoms with Gasteiger partial charge in [-0.25, -0.2) is 9.07 Å². The lowest BCUT2D eigenvalue weighted by atomic mass is 10.1. The summed E-state index contributed by atoms with van der Waals surface area (Å²) < 4.78 is 20.6. The van der Waals surface area contributed by atoms with Gasteiger partial charge in [-0.15, -0.1) is 5.10 Å². The zero-order valence-corrected chi connectivity index (χ0v) is 15.1. The van der Waals surface area contributed by atoms with Gasteiger partial charge in [0.15, 0.2) is 11.6 Å². The summed E-state index contributed by atoms with van der Waals surface area (Å²) >= 11 is 0. The highest BCUT2D eigenvalue weighted by Crippen LogP contribution is 2.20. The first kappa shape index (κ1) is 17.8. The van der Waals surface area contributed by atoms with E-state index < -0.39 is 5.82 Å². The number of halogens is 1. The molecule has 7 heteroatoms. The Morgan fingerprint density at radius 3 is 2.69 bits per heavy atom. The molecule has 0 radical (unpaired) electrons. The second kappa shape index (κ2) is 7.51. The monoisotopic (exact) mass is 356 g/mol. The van der Waals surface area contributed by atoms with Gasteiger partial charge < -0.3 is 9.64 Å². The van der Waals surface area contributed by atoms with Crippen LogP contribution in [0.4, 0.5) is 4.39 Å².